The molecule has 3 rings (SSSR count). The SMILES string of the molecule is O=C(Nc1cccc(Cl)c1Cl)c1ccnc(NCc2cccnc2)c1. The van der Waals surface area contributed by atoms with Crippen molar-refractivity contribution in [2.24, 2.45) is 0 Å². The minimum atomic E-state index is -0.295. The fraction of sp³-hybridized carbons (Fsp3) is 0.0556. The zero-order chi connectivity index (χ0) is 17.6. The summed E-state index contributed by atoms with van der Waals surface area (Å²) in [6.45, 7) is 0.562. The van der Waals surface area contributed by atoms with Gasteiger partial charge >= 0.3 is 0 Å². The molecule has 0 bridgehead atoms. The van der Waals surface area contributed by atoms with E-state index in [1.807, 2.05) is 12.1 Å². The van der Waals surface area contributed by atoms with E-state index in [2.05, 4.69) is 20.6 Å². The molecule has 5 nitrogen and oxygen atoms in total. The van der Waals surface area contributed by atoms with Crippen LogP contribution in [0.2, 0.25) is 10.0 Å². The molecular formula is C18H14Cl2N4O. The molecule has 2 heterocycles. The van der Waals surface area contributed by atoms with Crippen LogP contribution in [-0.2, 0) is 6.54 Å². The molecule has 2 N–H and O–H groups in total. The molecular weight excluding hydrogens is 359 g/mol. The van der Waals surface area contributed by atoms with Gasteiger partial charge in [0, 0.05) is 30.7 Å². The molecule has 0 fully saturated rings. The Morgan fingerprint density at radius 1 is 1.08 bits per heavy atom. The van der Waals surface area contributed by atoms with Gasteiger partial charge in [0.25, 0.3) is 5.91 Å². The Labute approximate surface area is 155 Å². The van der Waals surface area contributed by atoms with Crippen molar-refractivity contribution in [2.45, 2.75) is 6.54 Å². The van der Waals surface area contributed by atoms with Crippen LogP contribution >= 0.6 is 23.2 Å². The van der Waals surface area contributed by atoms with E-state index in [1.54, 1.807) is 48.9 Å². The molecule has 1 aromatic carbocycles. The van der Waals surface area contributed by atoms with E-state index >= 15 is 0 Å². The van der Waals surface area contributed by atoms with Crippen molar-refractivity contribution in [3.8, 4) is 0 Å². The van der Waals surface area contributed by atoms with Gasteiger partial charge in [0.2, 0.25) is 0 Å². The van der Waals surface area contributed by atoms with Crippen molar-refractivity contribution in [1.82, 2.24) is 9.97 Å². The highest BCUT2D eigenvalue weighted by Gasteiger charge is 2.11. The number of amides is 1. The molecule has 126 valence electrons. The van der Waals surface area contributed by atoms with Crippen molar-refractivity contribution in [3.63, 3.8) is 0 Å². The number of hydrogen-bond donors (Lipinski definition) is 2. The van der Waals surface area contributed by atoms with E-state index in [-0.39, 0.29) is 5.91 Å². The van der Waals surface area contributed by atoms with E-state index in [4.69, 9.17) is 23.2 Å². The maximum absolute atomic E-state index is 12.4. The first-order valence-electron chi connectivity index (χ1n) is 7.47. The number of halogens is 2. The molecule has 0 aliphatic carbocycles. The number of hydrogen-bond acceptors (Lipinski definition) is 4. The first-order valence-corrected chi connectivity index (χ1v) is 8.23. The number of aromatic nitrogens is 2. The van der Waals surface area contributed by atoms with Crippen LogP contribution < -0.4 is 10.6 Å². The molecule has 7 heteroatoms. The molecule has 0 saturated heterocycles. The van der Waals surface area contributed by atoms with Crippen molar-refractivity contribution in [3.05, 3.63) is 82.2 Å². The van der Waals surface area contributed by atoms with Gasteiger partial charge in [-0.05, 0) is 35.9 Å². The molecule has 0 spiro atoms. The summed E-state index contributed by atoms with van der Waals surface area (Å²) in [4.78, 5) is 20.7. The highest BCUT2D eigenvalue weighted by molar-refractivity contribution is 6.44. The predicted octanol–water partition coefficient (Wildman–Crippen LogP) is 4.65. The van der Waals surface area contributed by atoms with Crippen molar-refractivity contribution in [2.75, 3.05) is 10.6 Å². The number of carbonyl (C=O) groups excluding carboxylic acids is 1. The Morgan fingerprint density at radius 3 is 2.76 bits per heavy atom. The highest BCUT2D eigenvalue weighted by Crippen LogP contribution is 2.29. The van der Waals surface area contributed by atoms with Gasteiger partial charge in [0.05, 0.1) is 15.7 Å². The second kappa shape index (κ2) is 7.96. The molecule has 2 aromatic heterocycles. The molecule has 1 amide bonds. The molecule has 0 saturated carbocycles. The minimum Gasteiger partial charge on any atom is -0.366 e. The standard InChI is InChI=1S/C18H14Cl2N4O/c19-14-4-1-5-15(17(14)20)24-18(25)13-6-8-22-16(9-13)23-11-12-3-2-7-21-10-12/h1-10H,11H2,(H,22,23)(H,24,25). The number of benzene rings is 1. The van der Waals surface area contributed by atoms with Crippen LogP contribution in [0.15, 0.2) is 61.1 Å². The van der Waals surface area contributed by atoms with E-state index in [1.165, 1.54) is 0 Å². The van der Waals surface area contributed by atoms with Crippen LogP contribution in [0.1, 0.15) is 15.9 Å². The molecule has 25 heavy (non-hydrogen) atoms. The van der Waals surface area contributed by atoms with Gasteiger partial charge in [0.15, 0.2) is 0 Å². The maximum atomic E-state index is 12.4. The molecule has 0 radical (unpaired) electrons. The largest absolute Gasteiger partial charge is 0.366 e. The first kappa shape index (κ1) is 17.2. The van der Waals surface area contributed by atoms with Gasteiger partial charge in [-0.25, -0.2) is 4.98 Å². The van der Waals surface area contributed by atoms with E-state index in [0.29, 0.717) is 33.7 Å². The summed E-state index contributed by atoms with van der Waals surface area (Å²) in [6.07, 6.45) is 5.05. The van der Waals surface area contributed by atoms with Crippen molar-refractivity contribution >= 4 is 40.6 Å². The Hall–Kier alpha value is -2.63. The van der Waals surface area contributed by atoms with Crippen LogP contribution in [0, 0.1) is 0 Å². The van der Waals surface area contributed by atoms with E-state index in [0.717, 1.165) is 5.56 Å². The van der Waals surface area contributed by atoms with Gasteiger partial charge in [-0.1, -0.05) is 35.3 Å². The molecule has 0 unspecified atom stereocenters. The first-order chi connectivity index (χ1) is 12.1. The molecule has 0 atom stereocenters. The van der Waals surface area contributed by atoms with Gasteiger partial charge in [-0.15, -0.1) is 0 Å². The zero-order valence-corrected chi connectivity index (χ0v) is 14.6. The zero-order valence-electron chi connectivity index (χ0n) is 13.0. The smallest absolute Gasteiger partial charge is 0.255 e. The van der Waals surface area contributed by atoms with Crippen LogP contribution in [0.25, 0.3) is 0 Å². The molecule has 0 aliphatic heterocycles. The lowest BCUT2D eigenvalue weighted by atomic mass is 10.2. The fourth-order valence-corrected chi connectivity index (χ4v) is 2.51. The van der Waals surface area contributed by atoms with Gasteiger partial charge in [-0.3, -0.25) is 9.78 Å². The lowest BCUT2D eigenvalue weighted by molar-refractivity contribution is 0.102. The van der Waals surface area contributed by atoms with Crippen LogP contribution in [-0.4, -0.2) is 15.9 Å². The summed E-state index contributed by atoms with van der Waals surface area (Å²) in [6, 6.07) is 12.2. The normalized spacial score (nSPS) is 10.3. The number of rotatable bonds is 5. The number of nitrogens with zero attached hydrogens (tertiary/aromatic N) is 2. The van der Waals surface area contributed by atoms with Crippen molar-refractivity contribution in [1.29, 1.82) is 0 Å². The fourth-order valence-electron chi connectivity index (χ4n) is 2.16. The van der Waals surface area contributed by atoms with E-state index in [9.17, 15) is 4.79 Å². The highest BCUT2D eigenvalue weighted by atomic mass is 35.5. The van der Waals surface area contributed by atoms with Crippen LogP contribution in [0.5, 0.6) is 0 Å². The average molecular weight is 373 g/mol. The number of nitrogens with one attached hydrogen (secondary N) is 2. The quantitative estimate of drug-likeness (QED) is 0.683. The Kier molecular flexibility index (Phi) is 5.48. The summed E-state index contributed by atoms with van der Waals surface area (Å²) in [5.41, 5.74) is 1.94. The lowest BCUT2D eigenvalue weighted by Crippen LogP contribution is -2.13. The topological polar surface area (TPSA) is 66.9 Å². The minimum absolute atomic E-state index is 0.295. The predicted molar refractivity (Wildman–Crippen MR) is 100 cm³/mol. The van der Waals surface area contributed by atoms with E-state index < -0.39 is 0 Å². The molecule has 3 aromatic rings. The molecule has 0 aliphatic rings. The average Bonchev–Trinajstić information content (AvgIpc) is 2.65. The lowest BCUT2D eigenvalue weighted by Gasteiger charge is -2.10. The summed E-state index contributed by atoms with van der Waals surface area (Å²) < 4.78 is 0. The maximum Gasteiger partial charge on any atom is 0.255 e. The second-order valence-corrected chi connectivity index (χ2v) is 5.99. The summed E-state index contributed by atoms with van der Waals surface area (Å²) in [5.74, 6) is 0.296. The van der Waals surface area contributed by atoms with Gasteiger partial charge < -0.3 is 10.6 Å². The summed E-state index contributed by atoms with van der Waals surface area (Å²) in [5, 5.41) is 6.60. The van der Waals surface area contributed by atoms with Crippen LogP contribution in [0.3, 0.4) is 0 Å². The van der Waals surface area contributed by atoms with Gasteiger partial charge in [-0.2, -0.15) is 0 Å². The van der Waals surface area contributed by atoms with Crippen LogP contribution in [0.4, 0.5) is 11.5 Å². The third-order valence-corrected chi connectivity index (χ3v) is 4.24. The number of anilines is 2. The number of pyridine rings is 2. The van der Waals surface area contributed by atoms with Crippen molar-refractivity contribution < 1.29 is 4.79 Å². The number of carbonyl (C=O) groups is 1. The summed E-state index contributed by atoms with van der Waals surface area (Å²) >= 11 is 12.1. The Bertz CT molecular complexity index is 887. The third-order valence-electron chi connectivity index (χ3n) is 3.42. The Morgan fingerprint density at radius 2 is 1.96 bits per heavy atom. The third kappa shape index (κ3) is 4.47. The monoisotopic (exact) mass is 372 g/mol. The Balaban J connectivity index is 1.70. The van der Waals surface area contributed by atoms with Gasteiger partial charge in [0.1, 0.15) is 5.82 Å². The second-order valence-electron chi connectivity index (χ2n) is 5.20. The summed E-state index contributed by atoms with van der Waals surface area (Å²) in [7, 11) is 0.